The molecular formula is C17H22N6O3S. The highest BCUT2D eigenvalue weighted by Gasteiger charge is 2.22. The predicted octanol–water partition coefficient (Wildman–Crippen LogP) is 0.110. The topological polar surface area (TPSA) is 107 Å². The fraction of sp³-hybridized carbons (Fsp3) is 0.412. The first-order chi connectivity index (χ1) is 13.0. The average Bonchev–Trinajstić information content (AvgIpc) is 2.71. The number of aryl methyl sites for hydroxylation is 1. The zero-order chi connectivity index (χ0) is 19.4. The SMILES string of the molecule is COc1ccc(N2CCN(C(=O)CSc3nnc(C)c(=O)n3N)CC2)cc1. The third-order valence-corrected chi connectivity index (χ3v) is 5.34. The quantitative estimate of drug-likeness (QED) is 0.566. The van der Waals surface area contributed by atoms with E-state index in [1.54, 1.807) is 14.0 Å². The van der Waals surface area contributed by atoms with E-state index >= 15 is 0 Å². The predicted molar refractivity (Wildman–Crippen MR) is 104 cm³/mol. The summed E-state index contributed by atoms with van der Waals surface area (Å²) in [5.41, 5.74) is 0.926. The summed E-state index contributed by atoms with van der Waals surface area (Å²) in [7, 11) is 1.64. The first-order valence-electron chi connectivity index (χ1n) is 8.50. The minimum absolute atomic E-state index is 0.01000. The molecule has 0 radical (unpaired) electrons. The molecule has 144 valence electrons. The fourth-order valence-corrected chi connectivity index (χ4v) is 3.55. The monoisotopic (exact) mass is 390 g/mol. The van der Waals surface area contributed by atoms with Crippen molar-refractivity contribution in [3.63, 3.8) is 0 Å². The van der Waals surface area contributed by atoms with Gasteiger partial charge in [-0.3, -0.25) is 9.59 Å². The van der Waals surface area contributed by atoms with E-state index in [2.05, 4.69) is 15.1 Å². The van der Waals surface area contributed by atoms with Gasteiger partial charge in [-0.05, 0) is 31.2 Å². The third-order valence-electron chi connectivity index (χ3n) is 4.41. The van der Waals surface area contributed by atoms with Crippen LogP contribution in [0.3, 0.4) is 0 Å². The molecule has 0 saturated carbocycles. The molecule has 9 nitrogen and oxygen atoms in total. The van der Waals surface area contributed by atoms with Crippen molar-refractivity contribution >= 4 is 23.4 Å². The number of hydrogen-bond donors (Lipinski definition) is 1. The Morgan fingerprint density at radius 2 is 1.85 bits per heavy atom. The fourth-order valence-electron chi connectivity index (χ4n) is 2.79. The molecule has 0 bridgehead atoms. The summed E-state index contributed by atoms with van der Waals surface area (Å²) in [6.07, 6.45) is 0. The molecule has 1 aliphatic rings. The Hall–Kier alpha value is -2.75. The molecule has 3 rings (SSSR count). The van der Waals surface area contributed by atoms with Crippen LogP contribution in [0, 0.1) is 6.92 Å². The van der Waals surface area contributed by atoms with Crippen molar-refractivity contribution in [2.45, 2.75) is 12.1 Å². The number of aromatic nitrogens is 3. The number of ether oxygens (including phenoxy) is 1. The van der Waals surface area contributed by atoms with Crippen molar-refractivity contribution in [3.05, 3.63) is 40.3 Å². The van der Waals surface area contributed by atoms with Gasteiger partial charge in [-0.2, -0.15) is 4.68 Å². The van der Waals surface area contributed by atoms with E-state index in [4.69, 9.17) is 10.6 Å². The number of nitrogens with two attached hydrogens (primary N) is 1. The number of amides is 1. The Morgan fingerprint density at radius 3 is 2.48 bits per heavy atom. The molecule has 2 heterocycles. The van der Waals surface area contributed by atoms with Crippen LogP contribution in [0.4, 0.5) is 5.69 Å². The lowest BCUT2D eigenvalue weighted by Crippen LogP contribution is -2.49. The van der Waals surface area contributed by atoms with Crippen LogP contribution in [0.2, 0.25) is 0 Å². The molecule has 10 heteroatoms. The van der Waals surface area contributed by atoms with Gasteiger partial charge in [0.15, 0.2) is 0 Å². The second-order valence-corrected chi connectivity index (χ2v) is 7.04. The Morgan fingerprint density at radius 1 is 1.19 bits per heavy atom. The number of rotatable bonds is 5. The molecule has 1 saturated heterocycles. The summed E-state index contributed by atoms with van der Waals surface area (Å²) in [5.74, 6) is 6.67. The molecule has 27 heavy (non-hydrogen) atoms. The highest BCUT2D eigenvalue weighted by molar-refractivity contribution is 7.99. The molecule has 2 N–H and O–H groups in total. The Kier molecular flexibility index (Phi) is 5.84. The van der Waals surface area contributed by atoms with Crippen molar-refractivity contribution in [1.82, 2.24) is 19.8 Å². The van der Waals surface area contributed by atoms with Crippen LogP contribution in [0.5, 0.6) is 5.75 Å². The molecule has 1 aliphatic heterocycles. The number of carbonyl (C=O) groups excluding carboxylic acids is 1. The second-order valence-electron chi connectivity index (χ2n) is 6.10. The van der Waals surface area contributed by atoms with Gasteiger partial charge in [-0.15, -0.1) is 10.2 Å². The van der Waals surface area contributed by atoms with Gasteiger partial charge in [0.2, 0.25) is 11.1 Å². The minimum Gasteiger partial charge on any atom is -0.497 e. The van der Waals surface area contributed by atoms with Gasteiger partial charge in [0.1, 0.15) is 11.4 Å². The zero-order valence-electron chi connectivity index (χ0n) is 15.3. The van der Waals surface area contributed by atoms with Gasteiger partial charge < -0.3 is 20.4 Å². The van der Waals surface area contributed by atoms with Crippen LogP contribution in [0.25, 0.3) is 0 Å². The minimum atomic E-state index is -0.409. The molecular weight excluding hydrogens is 368 g/mol. The molecule has 1 aromatic heterocycles. The summed E-state index contributed by atoms with van der Waals surface area (Å²) >= 11 is 1.12. The van der Waals surface area contributed by atoms with E-state index in [9.17, 15) is 9.59 Å². The standard InChI is InChI=1S/C17H22N6O3S/c1-12-16(25)23(18)17(20-19-12)27-11-15(24)22-9-7-21(8-10-22)13-3-5-14(26-2)6-4-13/h3-6H,7-11,18H2,1-2H3. The smallest absolute Gasteiger partial charge is 0.294 e. The molecule has 2 aromatic rings. The maximum Gasteiger partial charge on any atom is 0.294 e. The zero-order valence-corrected chi connectivity index (χ0v) is 16.1. The Bertz CT molecular complexity index is 862. The molecule has 0 aliphatic carbocycles. The van der Waals surface area contributed by atoms with Gasteiger partial charge in [0.05, 0.1) is 12.9 Å². The maximum atomic E-state index is 12.5. The van der Waals surface area contributed by atoms with E-state index in [0.29, 0.717) is 13.1 Å². The third kappa shape index (κ3) is 4.33. The number of thioether (sulfide) groups is 1. The van der Waals surface area contributed by atoms with E-state index in [-0.39, 0.29) is 22.5 Å². The normalized spacial score (nSPS) is 14.3. The molecule has 0 spiro atoms. The average molecular weight is 390 g/mol. The lowest BCUT2D eigenvalue weighted by molar-refractivity contribution is -0.128. The van der Waals surface area contributed by atoms with E-state index in [0.717, 1.165) is 41.0 Å². The van der Waals surface area contributed by atoms with Crippen molar-refractivity contribution in [2.24, 2.45) is 0 Å². The summed E-state index contributed by atoms with van der Waals surface area (Å²) in [5, 5.41) is 7.88. The summed E-state index contributed by atoms with van der Waals surface area (Å²) in [6, 6.07) is 7.89. The van der Waals surface area contributed by atoms with Crippen LogP contribution in [0.1, 0.15) is 5.69 Å². The lowest BCUT2D eigenvalue weighted by atomic mass is 10.2. The van der Waals surface area contributed by atoms with Crippen molar-refractivity contribution in [1.29, 1.82) is 0 Å². The van der Waals surface area contributed by atoms with Crippen LogP contribution < -0.4 is 21.0 Å². The van der Waals surface area contributed by atoms with Crippen molar-refractivity contribution in [2.75, 3.05) is 49.8 Å². The summed E-state index contributed by atoms with van der Waals surface area (Å²) in [6.45, 7) is 4.34. The van der Waals surface area contributed by atoms with Crippen LogP contribution in [0.15, 0.2) is 34.2 Å². The van der Waals surface area contributed by atoms with Gasteiger partial charge >= 0.3 is 0 Å². The Labute approximate surface area is 161 Å². The van der Waals surface area contributed by atoms with Crippen LogP contribution in [-0.2, 0) is 4.79 Å². The largest absolute Gasteiger partial charge is 0.497 e. The second kappa shape index (κ2) is 8.30. The molecule has 1 fully saturated rings. The first kappa shape index (κ1) is 19.0. The lowest BCUT2D eigenvalue weighted by Gasteiger charge is -2.36. The number of nitrogens with zero attached hydrogens (tertiary/aromatic N) is 5. The van der Waals surface area contributed by atoms with Gasteiger partial charge in [-0.1, -0.05) is 11.8 Å². The van der Waals surface area contributed by atoms with Crippen LogP contribution >= 0.6 is 11.8 Å². The van der Waals surface area contributed by atoms with Gasteiger partial charge in [0, 0.05) is 31.9 Å². The van der Waals surface area contributed by atoms with Crippen LogP contribution in [-0.4, -0.2) is 64.7 Å². The molecule has 1 aromatic carbocycles. The number of benzene rings is 1. The molecule has 0 unspecified atom stereocenters. The van der Waals surface area contributed by atoms with E-state index in [1.807, 2.05) is 29.2 Å². The number of piperazine rings is 1. The number of carbonyl (C=O) groups is 1. The molecule has 1 amide bonds. The summed E-state index contributed by atoms with van der Waals surface area (Å²) in [4.78, 5) is 28.3. The summed E-state index contributed by atoms with van der Waals surface area (Å²) < 4.78 is 6.11. The number of hydrogen-bond acceptors (Lipinski definition) is 8. The van der Waals surface area contributed by atoms with Crippen molar-refractivity contribution in [3.8, 4) is 5.75 Å². The highest BCUT2D eigenvalue weighted by Crippen LogP contribution is 2.21. The molecule has 0 atom stereocenters. The van der Waals surface area contributed by atoms with Gasteiger partial charge in [0.25, 0.3) is 5.56 Å². The van der Waals surface area contributed by atoms with E-state index in [1.165, 1.54) is 0 Å². The van der Waals surface area contributed by atoms with E-state index < -0.39 is 5.56 Å². The number of anilines is 1. The Balaban J connectivity index is 1.52. The maximum absolute atomic E-state index is 12.5. The highest BCUT2D eigenvalue weighted by atomic mass is 32.2. The van der Waals surface area contributed by atoms with Gasteiger partial charge in [-0.25, -0.2) is 0 Å². The number of nitrogen functional groups attached to an aromatic ring is 1. The first-order valence-corrected chi connectivity index (χ1v) is 9.49. The van der Waals surface area contributed by atoms with Crippen molar-refractivity contribution < 1.29 is 9.53 Å². The number of methoxy groups -OCH3 is 1.